The molecule has 0 atom stereocenters. The van der Waals surface area contributed by atoms with Crippen molar-refractivity contribution in [3.8, 4) is 0 Å². The highest BCUT2D eigenvalue weighted by Gasteiger charge is 2.32. The van der Waals surface area contributed by atoms with Gasteiger partial charge in [0.05, 0.1) is 114 Å². The van der Waals surface area contributed by atoms with Crippen LogP contribution in [0.2, 0.25) is 0 Å². The Bertz CT molecular complexity index is 4770. The van der Waals surface area contributed by atoms with Gasteiger partial charge in [-0.3, -0.25) is 39.9 Å². The van der Waals surface area contributed by atoms with Gasteiger partial charge in [0.1, 0.15) is 0 Å². The van der Waals surface area contributed by atoms with Crippen molar-refractivity contribution in [3.63, 3.8) is 0 Å². The number of fused-ring (bicyclic) bond motifs is 4. The Morgan fingerprint density at radius 3 is 0.685 bits per heavy atom. The lowest BCUT2D eigenvalue weighted by Gasteiger charge is -2.35. The van der Waals surface area contributed by atoms with Gasteiger partial charge in [-0.15, -0.1) is 0 Å². The van der Waals surface area contributed by atoms with Gasteiger partial charge in [-0.1, -0.05) is 125 Å². The average molecular weight is 1190 g/mol. The maximum absolute atomic E-state index is 5.21. The number of nitrogens with zero attached hydrogens (tertiary/aromatic N) is 12. The molecule has 0 radical (unpaired) electrons. The molecular weight excluding hydrogens is 1130 g/mol. The van der Waals surface area contributed by atoms with E-state index in [1.54, 1.807) is 0 Å². The molecule has 0 N–H and O–H groups in total. The van der Waals surface area contributed by atoms with Crippen LogP contribution in [-0.2, 0) is 25.7 Å². The summed E-state index contributed by atoms with van der Waals surface area (Å²) in [6.45, 7) is 8.86. The van der Waals surface area contributed by atoms with E-state index in [1.807, 2.05) is 73.8 Å². The third-order valence-corrected chi connectivity index (χ3v) is 18.0. The number of rotatable bonds is 16. The van der Waals surface area contributed by atoms with E-state index in [2.05, 4.69) is 229 Å². The van der Waals surface area contributed by atoms with Crippen molar-refractivity contribution in [3.05, 3.63) is 278 Å². The minimum Gasteiger partial charge on any atom is -0.308 e. The third kappa shape index (κ3) is 9.12. The molecule has 12 nitrogen and oxygen atoms in total. The van der Waals surface area contributed by atoms with E-state index in [4.69, 9.17) is 39.9 Å². The van der Waals surface area contributed by atoms with Gasteiger partial charge >= 0.3 is 0 Å². The van der Waals surface area contributed by atoms with Crippen LogP contribution in [0.3, 0.4) is 0 Å². The molecule has 0 aliphatic heterocycles. The maximum Gasteiger partial charge on any atom is 0.0939 e. The quantitative estimate of drug-likeness (QED) is 0.0858. The van der Waals surface area contributed by atoms with Gasteiger partial charge < -0.3 is 19.6 Å². The molecule has 0 fully saturated rings. The van der Waals surface area contributed by atoms with E-state index in [0.29, 0.717) is 25.7 Å². The number of aromatic nitrogens is 8. The lowest BCUT2D eigenvalue weighted by atomic mass is 9.88. The van der Waals surface area contributed by atoms with E-state index < -0.39 is 0 Å². The second-order valence-electron chi connectivity index (χ2n) is 23.0. The molecule has 8 aromatic heterocycles. The fourth-order valence-corrected chi connectivity index (χ4v) is 14.0. The summed E-state index contributed by atoms with van der Waals surface area (Å²) in [6, 6.07) is 73.1. The summed E-state index contributed by atoms with van der Waals surface area (Å²) in [5.41, 5.74) is 22.6. The van der Waals surface area contributed by atoms with Crippen molar-refractivity contribution >= 4 is 145 Å². The molecule has 0 unspecified atom stereocenters. The summed E-state index contributed by atoms with van der Waals surface area (Å²) >= 11 is 0. The monoisotopic (exact) mass is 1190 g/mol. The zero-order valence-corrected chi connectivity index (χ0v) is 51.4. The molecule has 8 heterocycles. The van der Waals surface area contributed by atoms with Gasteiger partial charge in [-0.05, 0) is 135 Å². The summed E-state index contributed by atoms with van der Waals surface area (Å²) < 4.78 is 0. The summed E-state index contributed by atoms with van der Waals surface area (Å²) in [6.07, 6.45) is 18.5. The number of aryl methyl sites for hydroxylation is 4. The summed E-state index contributed by atoms with van der Waals surface area (Å²) in [5, 5.41) is 6.27. The van der Waals surface area contributed by atoms with Gasteiger partial charge in [0.2, 0.25) is 0 Å². The van der Waals surface area contributed by atoms with Crippen molar-refractivity contribution in [2.75, 3.05) is 19.6 Å². The highest BCUT2D eigenvalue weighted by Crippen LogP contribution is 2.56. The predicted molar refractivity (Wildman–Crippen MR) is 379 cm³/mol. The fraction of sp³-hybridized carbons (Fsp3) is 0.100. The van der Waals surface area contributed by atoms with E-state index in [1.165, 1.54) is 0 Å². The van der Waals surface area contributed by atoms with Crippen LogP contribution in [-0.4, -0.2) is 39.9 Å². The molecule has 442 valence electrons. The highest BCUT2D eigenvalue weighted by atomic mass is 15.2. The van der Waals surface area contributed by atoms with Crippen LogP contribution in [0.25, 0.3) is 76.5 Å². The molecule has 12 heteroatoms. The minimum atomic E-state index is 0.703. The summed E-state index contributed by atoms with van der Waals surface area (Å²) in [5.74, 6) is 0. The SMILES string of the molecule is CCc1c(N(c2ccccc2)c2cc(N(c3ccccc3)c3cnc4cccnc4c3CC)c3ccc4c(N(c5ccccc5)c5cnc6cccnc6c5CC)cc(N(c5ccccc5)c5cnc6cccnc6c5CC)c5ccc2c3c54)cnc2cccnc12. The van der Waals surface area contributed by atoms with Crippen molar-refractivity contribution in [1.82, 2.24) is 39.9 Å². The lowest BCUT2D eigenvalue weighted by Crippen LogP contribution is -2.18. The van der Waals surface area contributed by atoms with Crippen LogP contribution in [0.1, 0.15) is 49.9 Å². The zero-order valence-electron chi connectivity index (χ0n) is 51.4. The molecule has 92 heavy (non-hydrogen) atoms. The first-order valence-corrected chi connectivity index (χ1v) is 31.6. The lowest BCUT2D eigenvalue weighted by molar-refractivity contribution is 1.10. The second kappa shape index (κ2) is 23.3. The third-order valence-electron chi connectivity index (χ3n) is 18.0. The molecule has 0 spiro atoms. The molecule has 16 aromatic rings. The van der Waals surface area contributed by atoms with Gasteiger partial charge in [-0.25, -0.2) is 0 Å². The number of pyridine rings is 8. The summed E-state index contributed by atoms with van der Waals surface area (Å²) in [4.78, 5) is 50.7. The normalized spacial score (nSPS) is 11.7. The van der Waals surface area contributed by atoms with Crippen LogP contribution in [0.15, 0.2) is 256 Å². The van der Waals surface area contributed by atoms with Crippen molar-refractivity contribution in [2.45, 2.75) is 53.4 Å². The molecule has 0 bridgehead atoms. The van der Waals surface area contributed by atoms with Crippen LogP contribution < -0.4 is 19.6 Å². The zero-order chi connectivity index (χ0) is 61.8. The van der Waals surface area contributed by atoms with Crippen LogP contribution >= 0.6 is 0 Å². The van der Waals surface area contributed by atoms with Crippen molar-refractivity contribution < 1.29 is 0 Å². The van der Waals surface area contributed by atoms with Crippen molar-refractivity contribution in [2.24, 2.45) is 0 Å². The number of benzene rings is 8. The van der Waals surface area contributed by atoms with E-state index in [-0.39, 0.29) is 0 Å². The Morgan fingerprint density at radius 2 is 0.467 bits per heavy atom. The minimum absolute atomic E-state index is 0.703. The predicted octanol–water partition coefficient (Wildman–Crippen LogP) is 20.5. The standard InChI is InChI=1S/C80H62N12/c1-5-55-71(47-85-63-33-21-41-81-77(55)63)89(51-25-13-9-14-26-51)67-45-68(90(52-27-15-10-16-28-52)72-48-86-64-34-22-42-82-78(64)56(72)6-2)60-39-40-62-70(92(54-31-19-12-20-32-54)74-50-88-66-36-24-44-84-80(66)58(74)8-4)46-69(61-38-37-59(67)75(60)76(61)62)91(53-29-17-11-18-30-53)73-49-87-65-35-23-43-83-79(65)57(73)7-3/h9-50H,5-8H2,1-4H3. The van der Waals surface area contributed by atoms with Crippen LogP contribution in [0, 0.1) is 0 Å². The number of anilines is 12. The largest absolute Gasteiger partial charge is 0.308 e. The smallest absolute Gasteiger partial charge is 0.0939 e. The fourth-order valence-electron chi connectivity index (χ4n) is 14.0. The molecule has 8 aromatic carbocycles. The molecule has 0 saturated carbocycles. The van der Waals surface area contributed by atoms with Gasteiger partial charge in [-0.2, -0.15) is 0 Å². The molecular formula is C80H62N12. The topological polar surface area (TPSA) is 116 Å². The van der Waals surface area contributed by atoms with E-state index >= 15 is 0 Å². The van der Waals surface area contributed by atoms with Crippen LogP contribution in [0.5, 0.6) is 0 Å². The summed E-state index contributed by atoms with van der Waals surface area (Å²) in [7, 11) is 0. The first-order valence-electron chi connectivity index (χ1n) is 31.6. The van der Waals surface area contributed by atoms with Crippen molar-refractivity contribution in [1.29, 1.82) is 0 Å². The number of hydrogen-bond acceptors (Lipinski definition) is 12. The van der Waals surface area contributed by atoms with Gasteiger partial charge in [0, 0.05) is 102 Å². The van der Waals surface area contributed by atoms with Gasteiger partial charge in [0.15, 0.2) is 0 Å². The van der Waals surface area contributed by atoms with Crippen LogP contribution in [0.4, 0.5) is 68.2 Å². The first kappa shape index (κ1) is 55.5. The van der Waals surface area contributed by atoms with E-state index in [0.717, 1.165) is 167 Å². The average Bonchev–Trinajstić information content (AvgIpc) is 0.702. The Hall–Kier alpha value is -11.8. The molecule has 0 amide bonds. The Morgan fingerprint density at radius 1 is 0.239 bits per heavy atom. The highest BCUT2D eigenvalue weighted by molar-refractivity contribution is 6.33. The number of para-hydroxylation sites is 4. The first-order chi connectivity index (χ1) is 45.5. The Balaban J connectivity index is 1.13. The molecule has 0 aliphatic rings. The molecule has 0 aliphatic carbocycles. The van der Waals surface area contributed by atoms with Gasteiger partial charge in [0.25, 0.3) is 0 Å². The Kier molecular flexibility index (Phi) is 14.1. The second-order valence-corrected chi connectivity index (χ2v) is 23.0. The Labute approximate surface area is 532 Å². The number of hydrogen-bond donors (Lipinski definition) is 0. The molecule has 0 saturated heterocycles. The van der Waals surface area contributed by atoms with E-state index in [9.17, 15) is 0 Å². The molecule has 16 rings (SSSR count). The maximum atomic E-state index is 5.21.